The van der Waals surface area contributed by atoms with Gasteiger partial charge in [-0.25, -0.2) is 4.98 Å². The van der Waals surface area contributed by atoms with Crippen LogP contribution in [0.2, 0.25) is 0 Å². The van der Waals surface area contributed by atoms with E-state index in [-0.39, 0.29) is 5.56 Å². The van der Waals surface area contributed by atoms with Gasteiger partial charge in [-0.1, -0.05) is 0 Å². The molecular weight excluding hydrogens is 256 g/mol. The van der Waals surface area contributed by atoms with Gasteiger partial charge in [0.25, 0.3) is 0 Å². The maximum Gasteiger partial charge on any atom is 0.248 e. The number of hydrogen-bond donors (Lipinski definition) is 3. The van der Waals surface area contributed by atoms with Crippen LogP contribution in [0.15, 0.2) is 41.5 Å². The Morgan fingerprint density at radius 2 is 2.10 bits per heavy atom. The van der Waals surface area contributed by atoms with Crippen LogP contribution in [0.3, 0.4) is 0 Å². The Kier molecular flexibility index (Phi) is 3.10. The fraction of sp³-hybridized carbons (Fsp3) is 0.0769. The second-order valence-corrected chi connectivity index (χ2v) is 4.19. The molecule has 0 aliphatic heterocycles. The molecule has 3 aromatic heterocycles. The predicted octanol–water partition coefficient (Wildman–Crippen LogP) is 0.681. The Hall–Kier alpha value is -2.80. The van der Waals surface area contributed by atoms with E-state index in [1.807, 2.05) is 12.1 Å². The van der Waals surface area contributed by atoms with Crippen LogP contribution in [0.4, 0.5) is 0 Å². The smallest absolute Gasteiger partial charge is 0.248 e. The summed E-state index contributed by atoms with van der Waals surface area (Å²) >= 11 is 0. The number of rotatable bonds is 3. The van der Waals surface area contributed by atoms with Gasteiger partial charge in [-0.05, 0) is 18.2 Å². The minimum atomic E-state index is -0.185. The van der Waals surface area contributed by atoms with E-state index in [2.05, 4.69) is 25.1 Å². The monoisotopic (exact) mass is 268 g/mol. The van der Waals surface area contributed by atoms with Crippen molar-refractivity contribution < 1.29 is 0 Å². The molecule has 0 saturated heterocycles. The second kappa shape index (κ2) is 5.06. The van der Waals surface area contributed by atoms with E-state index in [9.17, 15) is 4.79 Å². The van der Waals surface area contributed by atoms with E-state index >= 15 is 0 Å². The van der Waals surface area contributed by atoms with Crippen LogP contribution in [-0.2, 0) is 6.54 Å². The summed E-state index contributed by atoms with van der Waals surface area (Å²) < 4.78 is 0. The molecule has 0 amide bonds. The van der Waals surface area contributed by atoms with Gasteiger partial charge >= 0.3 is 0 Å². The third kappa shape index (κ3) is 2.34. The minimum Gasteiger partial charge on any atom is -0.329 e. The molecule has 0 spiro atoms. The van der Waals surface area contributed by atoms with Crippen LogP contribution in [-0.4, -0.2) is 25.1 Å². The van der Waals surface area contributed by atoms with Gasteiger partial charge in [-0.3, -0.25) is 14.9 Å². The van der Waals surface area contributed by atoms with Gasteiger partial charge in [0.2, 0.25) is 5.56 Å². The standard InChI is InChI=1S/C13H12N6O/c14-7-10-5-8(1-3-15-10)12-17-13(19-18-12)9-2-4-16-11(20)6-9/h1-6H,7,14H2,(H,16,20)(H,17,18,19). The van der Waals surface area contributed by atoms with Crippen LogP contribution in [0.25, 0.3) is 22.8 Å². The van der Waals surface area contributed by atoms with Gasteiger partial charge in [-0.15, -0.1) is 0 Å². The molecule has 0 aliphatic carbocycles. The molecule has 0 unspecified atom stereocenters. The molecule has 0 radical (unpaired) electrons. The zero-order chi connectivity index (χ0) is 13.9. The van der Waals surface area contributed by atoms with Crippen LogP contribution >= 0.6 is 0 Å². The van der Waals surface area contributed by atoms with E-state index in [4.69, 9.17) is 5.73 Å². The highest BCUT2D eigenvalue weighted by Crippen LogP contribution is 2.18. The Bertz CT molecular complexity index is 791. The van der Waals surface area contributed by atoms with Crippen molar-refractivity contribution in [1.82, 2.24) is 25.1 Å². The van der Waals surface area contributed by atoms with Crippen LogP contribution in [0.1, 0.15) is 5.69 Å². The summed E-state index contributed by atoms with van der Waals surface area (Å²) in [5, 5.41) is 6.97. The van der Waals surface area contributed by atoms with Crippen molar-refractivity contribution in [3.63, 3.8) is 0 Å². The number of H-pyrrole nitrogens is 2. The van der Waals surface area contributed by atoms with Gasteiger partial charge < -0.3 is 10.7 Å². The fourth-order valence-corrected chi connectivity index (χ4v) is 1.84. The van der Waals surface area contributed by atoms with Crippen molar-refractivity contribution in [3.8, 4) is 22.8 Å². The SMILES string of the molecule is NCc1cc(-c2n[nH]c(-c3cc[nH]c(=O)c3)n2)ccn1. The van der Waals surface area contributed by atoms with Crippen LogP contribution < -0.4 is 11.3 Å². The van der Waals surface area contributed by atoms with E-state index in [0.29, 0.717) is 23.8 Å². The molecule has 20 heavy (non-hydrogen) atoms. The number of nitrogens with zero attached hydrogens (tertiary/aromatic N) is 3. The van der Waals surface area contributed by atoms with Crippen LogP contribution in [0, 0.1) is 0 Å². The van der Waals surface area contributed by atoms with E-state index in [0.717, 1.165) is 11.3 Å². The topological polar surface area (TPSA) is 113 Å². The number of hydrogen-bond acceptors (Lipinski definition) is 5. The van der Waals surface area contributed by atoms with Gasteiger partial charge in [0.15, 0.2) is 11.6 Å². The van der Waals surface area contributed by atoms with Gasteiger partial charge in [0, 0.05) is 36.1 Å². The average molecular weight is 268 g/mol. The molecule has 0 aliphatic rings. The number of nitrogens with one attached hydrogen (secondary N) is 2. The van der Waals surface area contributed by atoms with Crippen molar-refractivity contribution >= 4 is 0 Å². The lowest BCUT2D eigenvalue weighted by Crippen LogP contribution is -2.02. The molecule has 3 aromatic rings. The summed E-state index contributed by atoms with van der Waals surface area (Å²) in [7, 11) is 0. The Balaban J connectivity index is 1.99. The Morgan fingerprint density at radius 3 is 2.90 bits per heavy atom. The summed E-state index contributed by atoms with van der Waals surface area (Å²) in [6.07, 6.45) is 3.24. The molecule has 3 heterocycles. The number of pyridine rings is 2. The van der Waals surface area contributed by atoms with Crippen molar-refractivity contribution in [3.05, 3.63) is 52.7 Å². The molecule has 7 heteroatoms. The average Bonchev–Trinajstić information content (AvgIpc) is 2.97. The first kappa shape index (κ1) is 12.2. The zero-order valence-corrected chi connectivity index (χ0v) is 10.5. The summed E-state index contributed by atoms with van der Waals surface area (Å²) in [4.78, 5) is 22.3. The van der Waals surface area contributed by atoms with Crippen molar-refractivity contribution in [1.29, 1.82) is 0 Å². The maximum atomic E-state index is 11.3. The fourth-order valence-electron chi connectivity index (χ4n) is 1.84. The quantitative estimate of drug-likeness (QED) is 0.646. The summed E-state index contributed by atoms with van der Waals surface area (Å²) in [5.41, 5.74) is 7.65. The third-order valence-corrected chi connectivity index (χ3v) is 2.82. The zero-order valence-electron chi connectivity index (χ0n) is 10.5. The third-order valence-electron chi connectivity index (χ3n) is 2.82. The molecule has 3 rings (SSSR count). The summed E-state index contributed by atoms with van der Waals surface area (Å²) in [5.74, 6) is 1.08. The Morgan fingerprint density at radius 1 is 1.20 bits per heavy atom. The first-order valence-corrected chi connectivity index (χ1v) is 6.03. The molecule has 100 valence electrons. The molecule has 4 N–H and O–H groups in total. The highest BCUT2D eigenvalue weighted by Gasteiger charge is 2.08. The lowest BCUT2D eigenvalue weighted by Gasteiger charge is -1.98. The number of aromatic amines is 2. The van der Waals surface area contributed by atoms with E-state index in [1.165, 1.54) is 6.07 Å². The largest absolute Gasteiger partial charge is 0.329 e. The van der Waals surface area contributed by atoms with Gasteiger partial charge in [0.1, 0.15) is 0 Å². The highest BCUT2D eigenvalue weighted by molar-refractivity contribution is 5.60. The lowest BCUT2D eigenvalue weighted by molar-refractivity contribution is 0.989. The lowest BCUT2D eigenvalue weighted by atomic mass is 10.2. The molecule has 0 aromatic carbocycles. The second-order valence-electron chi connectivity index (χ2n) is 4.19. The van der Waals surface area contributed by atoms with Crippen molar-refractivity contribution in [2.75, 3.05) is 0 Å². The molecular formula is C13H12N6O. The normalized spacial score (nSPS) is 10.7. The molecule has 0 fully saturated rings. The first-order valence-electron chi connectivity index (χ1n) is 6.03. The predicted molar refractivity (Wildman–Crippen MR) is 73.6 cm³/mol. The molecule has 0 saturated carbocycles. The van der Waals surface area contributed by atoms with Crippen molar-refractivity contribution in [2.24, 2.45) is 5.73 Å². The number of aromatic nitrogens is 5. The minimum absolute atomic E-state index is 0.185. The van der Waals surface area contributed by atoms with Crippen molar-refractivity contribution in [2.45, 2.75) is 6.54 Å². The van der Waals surface area contributed by atoms with Gasteiger partial charge in [-0.2, -0.15) is 5.10 Å². The molecule has 0 bridgehead atoms. The molecule has 0 atom stereocenters. The highest BCUT2D eigenvalue weighted by atomic mass is 16.1. The first-order chi connectivity index (χ1) is 9.76. The summed E-state index contributed by atoms with van der Waals surface area (Å²) in [6, 6.07) is 6.86. The van der Waals surface area contributed by atoms with Gasteiger partial charge in [0.05, 0.1) is 5.69 Å². The number of nitrogens with two attached hydrogens (primary N) is 1. The maximum absolute atomic E-state index is 11.3. The summed E-state index contributed by atoms with van der Waals surface area (Å²) in [6.45, 7) is 0.360. The Labute approximate surface area is 113 Å². The van der Waals surface area contributed by atoms with E-state index in [1.54, 1.807) is 18.5 Å². The van der Waals surface area contributed by atoms with Crippen LogP contribution in [0.5, 0.6) is 0 Å². The van der Waals surface area contributed by atoms with E-state index < -0.39 is 0 Å². The molecule has 7 nitrogen and oxygen atoms in total.